The summed E-state index contributed by atoms with van der Waals surface area (Å²) in [6.07, 6.45) is 6.83. The standard InChI is InChI=1S/C34H40N2O7/c1-17-6-7-19(13-18(17)2)25(37)16-43-34(42)24(36-32(40)28-22-10-11-23(15-22)29(28)33(36)41)5-3-4-12-35-30(38)26-20-8-9-21(14-20)27(26)31(35)39/h6-7,13,20-24,26-29H,3-5,8-12,14-16H2,1-2H3/t20-,21+,22-,23+,24-,26-,27+,28-,29+/m0/s1. The van der Waals surface area contributed by atoms with Crippen LogP contribution in [-0.4, -0.2) is 64.4 Å². The first-order valence-electron chi connectivity index (χ1n) is 16.1. The number of likely N-dealkylation sites (tertiary alicyclic amines) is 2. The molecule has 0 N–H and O–H groups in total. The average molecular weight is 589 g/mol. The van der Waals surface area contributed by atoms with Crippen molar-refractivity contribution >= 4 is 35.4 Å². The van der Waals surface area contributed by atoms with Gasteiger partial charge in [-0.1, -0.05) is 12.1 Å². The third-order valence-electron chi connectivity index (χ3n) is 11.8. The van der Waals surface area contributed by atoms with Gasteiger partial charge in [0.05, 0.1) is 23.7 Å². The number of rotatable bonds is 10. The molecule has 9 nitrogen and oxygen atoms in total. The minimum Gasteiger partial charge on any atom is -0.456 e. The van der Waals surface area contributed by atoms with E-state index in [2.05, 4.69) is 0 Å². The molecule has 2 aliphatic heterocycles. The summed E-state index contributed by atoms with van der Waals surface area (Å²) in [5, 5.41) is 0. The van der Waals surface area contributed by atoms with Gasteiger partial charge in [0, 0.05) is 12.1 Å². The average Bonchev–Trinajstić information content (AvgIpc) is 3.84. The van der Waals surface area contributed by atoms with Gasteiger partial charge < -0.3 is 4.74 Å². The number of esters is 1. The van der Waals surface area contributed by atoms with E-state index >= 15 is 0 Å². The number of ketones is 1. The lowest BCUT2D eigenvalue weighted by Gasteiger charge is -2.26. The Kier molecular flexibility index (Phi) is 7.05. The van der Waals surface area contributed by atoms with Crippen LogP contribution in [0.3, 0.4) is 0 Å². The van der Waals surface area contributed by atoms with Crippen molar-refractivity contribution in [1.82, 2.24) is 9.80 Å². The van der Waals surface area contributed by atoms with Crippen LogP contribution in [0.4, 0.5) is 0 Å². The van der Waals surface area contributed by atoms with Crippen molar-refractivity contribution in [2.24, 2.45) is 47.3 Å². The topological polar surface area (TPSA) is 118 Å². The predicted octanol–water partition coefficient (Wildman–Crippen LogP) is 3.63. The number of ether oxygens (including phenoxy) is 1. The Morgan fingerprint density at radius 2 is 1.30 bits per heavy atom. The Balaban J connectivity index is 1.02. The second-order valence-electron chi connectivity index (χ2n) is 14.0. The summed E-state index contributed by atoms with van der Waals surface area (Å²) in [5.74, 6) is -1.88. The Hall–Kier alpha value is -3.36. The number of carbonyl (C=O) groups is 6. The van der Waals surface area contributed by atoms with Gasteiger partial charge in [0.2, 0.25) is 23.6 Å². The fraction of sp³-hybridized carbons (Fsp3) is 0.647. The molecule has 1 aromatic rings. The van der Waals surface area contributed by atoms with E-state index in [9.17, 15) is 28.8 Å². The Morgan fingerprint density at radius 1 is 0.767 bits per heavy atom. The second kappa shape index (κ2) is 10.7. The fourth-order valence-electron chi connectivity index (χ4n) is 9.62. The van der Waals surface area contributed by atoms with Crippen LogP contribution in [0, 0.1) is 61.2 Å². The summed E-state index contributed by atoms with van der Waals surface area (Å²) in [4.78, 5) is 82.3. The largest absolute Gasteiger partial charge is 0.456 e. The number of carbonyl (C=O) groups excluding carboxylic acids is 6. The number of hydrogen-bond donors (Lipinski definition) is 0. The van der Waals surface area contributed by atoms with Crippen LogP contribution in [0.1, 0.15) is 79.3 Å². The SMILES string of the molecule is Cc1ccc(C(=O)COC(=O)[C@H](CCCCN2C(=O)[C@@H]3[C@@H]4CC[C@@H](C4)[C@@H]3C2=O)N2C(=O)[C@@H]3[C@@H]4CC[C@@H](C4)[C@@H]3C2=O)cc1C. The maximum atomic E-state index is 13.6. The van der Waals surface area contributed by atoms with E-state index in [1.54, 1.807) is 12.1 Å². The highest BCUT2D eigenvalue weighted by molar-refractivity contribution is 6.09. The van der Waals surface area contributed by atoms with Crippen molar-refractivity contribution in [3.63, 3.8) is 0 Å². The maximum absolute atomic E-state index is 13.6. The van der Waals surface area contributed by atoms with Gasteiger partial charge >= 0.3 is 5.97 Å². The summed E-state index contributed by atoms with van der Waals surface area (Å²) < 4.78 is 5.48. The molecule has 6 fully saturated rings. The monoisotopic (exact) mass is 588 g/mol. The minimum atomic E-state index is -1.13. The molecule has 0 unspecified atom stereocenters. The normalized spacial score (nSPS) is 34.4. The molecule has 43 heavy (non-hydrogen) atoms. The molecule has 4 saturated carbocycles. The second-order valence-corrected chi connectivity index (χ2v) is 14.0. The van der Waals surface area contributed by atoms with Crippen LogP contribution in [-0.2, 0) is 28.7 Å². The molecule has 9 atom stereocenters. The van der Waals surface area contributed by atoms with E-state index in [1.807, 2.05) is 19.9 Å². The lowest BCUT2D eigenvalue weighted by molar-refractivity contribution is -0.159. The number of nitrogens with zero attached hydrogens (tertiary/aromatic N) is 2. The van der Waals surface area contributed by atoms with Crippen LogP contribution in [0.5, 0.6) is 0 Å². The van der Waals surface area contributed by atoms with E-state index in [4.69, 9.17) is 4.74 Å². The molecule has 1 aromatic carbocycles. The molecule has 4 amide bonds. The van der Waals surface area contributed by atoms with E-state index < -0.39 is 18.6 Å². The van der Waals surface area contributed by atoms with Crippen LogP contribution in [0.15, 0.2) is 18.2 Å². The first-order valence-corrected chi connectivity index (χ1v) is 16.1. The first-order chi connectivity index (χ1) is 20.7. The zero-order valence-corrected chi connectivity index (χ0v) is 25.0. The van der Waals surface area contributed by atoms with Crippen molar-refractivity contribution in [2.75, 3.05) is 13.2 Å². The van der Waals surface area contributed by atoms with Crippen LogP contribution in [0.25, 0.3) is 0 Å². The third-order valence-corrected chi connectivity index (χ3v) is 11.8. The highest BCUT2D eigenvalue weighted by Gasteiger charge is 2.63. The van der Waals surface area contributed by atoms with Gasteiger partial charge in [-0.05, 0) is 112 Å². The summed E-state index contributed by atoms with van der Waals surface area (Å²) in [7, 11) is 0. The van der Waals surface area contributed by atoms with Gasteiger partial charge in [0.1, 0.15) is 6.04 Å². The molecule has 7 rings (SSSR count). The van der Waals surface area contributed by atoms with Crippen LogP contribution >= 0.6 is 0 Å². The van der Waals surface area contributed by atoms with Gasteiger partial charge in [0.15, 0.2) is 12.4 Å². The fourth-order valence-corrected chi connectivity index (χ4v) is 9.62. The number of fused-ring (bicyclic) bond motifs is 10. The number of unbranched alkanes of at least 4 members (excludes halogenated alkanes) is 1. The number of benzene rings is 1. The molecular formula is C34H40N2O7. The maximum Gasteiger partial charge on any atom is 0.329 e. The summed E-state index contributed by atoms with van der Waals surface area (Å²) >= 11 is 0. The smallest absolute Gasteiger partial charge is 0.329 e. The molecule has 6 aliphatic rings. The van der Waals surface area contributed by atoms with Crippen LogP contribution in [0.2, 0.25) is 0 Å². The number of aryl methyl sites for hydroxylation is 2. The summed E-state index contributed by atoms with van der Waals surface area (Å²) in [6, 6.07) is 4.17. The third kappa shape index (κ3) is 4.48. The Labute approximate surface area is 251 Å². The Bertz CT molecular complexity index is 1360. The minimum absolute atomic E-state index is 0.0591. The van der Waals surface area contributed by atoms with Crippen molar-refractivity contribution in [1.29, 1.82) is 0 Å². The molecule has 4 bridgehead atoms. The highest BCUT2D eigenvalue weighted by Crippen LogP contribution is 2.57. The number of imide groups is 2. The molecule has 0 radical (unpaired) electrons. The highest BCUT2D eigenvalue weighted by atomic mass is 16.5. The van der Waals surface area contributed by atoms with Gasteiger partial charge in [-0.3, -0.25) is 33.8 Å². The summed E-state index contributed by atoms with van der Waals surface area (Å²) in [6.45, 7) is 3.65. The molecule has 2 saturated heterocycles. The lowest BCUT2D eigenvalue weighted by atomic mass is 9.81. The van der Waals surface area contributed by atoms with Crippen molar-refractivity contribution in [2.45, 2.75) is 77.7 Å². The predicted molar refractivity (Wildman–Crippen MR) is 153 cm³/mol. The molecule has 9 heteroatoms. The molecule has 2 heterocycles. The molecule has 228 valence electrons. The van der Waals surface area contributed by atoms with E-state index in [-0.39, 0.29) is 77.9 Å². The molecule has 4 aliphatic carbocycles. The zero-order chi connectivity index (χ0) is 30.2. The van der Waals surface area contributed by atoms with Crippen molar-refractivity contribution < 1.29 is 33.5 Å². The molecular weight excluding hydrogens is 548 g/mol. The van der Waals surface area contributed by atoms with Crippen LogP contribution < -0.4 is 0 Å². The molecule has 0 aromatic heterocycles. The first kappa shape index (κ1) is 28.4. The van der Waals surface area contributed by atoms with Crippen molar-refractivity contribution in [3.05, 3.63) is 34.9 Å². The van der Waals surface area contributed by atoms with Gasteiger partial charge in [-0.2, -0.15) is 0 Å². The van der Waals surface area contributed by atoms with Crippen molar-refractivity contribution in [3.8, 4) is 0 Å². The Morgan fingerprint density at radius 3 is 1.84 bits per heavy atom. The van der Waals surface area contributed by atoms with E-state index in [0.717, 1.165) is 54.6 Å². The lowest BCUT2D eigenvalue weighted by Crippen LogP contribution is -2.47. The summed E-state index contributed by atoms with van der Waals surface area (Å²) in [5.41, 5.74) is 2.44. The molecule has 0 spiro atoms. The number of hydrogen-bond acceptors (Lipinski definition) is 7. The number of amides is 4. The number of Topliss-reactive ketones (excluding diaryl/α,β-unsaturated/α-hetero) is 1. The van der Waals surface area contributed by atoms with E-state index in [1.165, 1.54) is 4.90 Å². The van der Waals surface area contributed by atoms with Gasteiger partial charge in [-0.15, -0.1) is 0 Å². The van der Waals surface area contributed by atoms with Gasteiger partial charge in [-0.25, -0.2) is 4.79 Å². The zero-order valence-electron chi connectivity index (χ0n) is 25.0. The van der Waals surface area contributed by atoms with Gasteiger partial charge in [0.25, 0.3) is 0 Å². The quantitative estimate of drug-likeness (QED) is 0.177. The van der Waals surface area contributed by atoms with E-state index in [0.29, 0.717) is 30.2 Å².